The molecule has 0 radical (unpaired) electrons. The number of hydrogen-bond donors (Lipinski definition) is 2. The Labute approximate surface area is 111 Å². The minimum atomic E-state index is -0.819. The topological polar surface area (TPSA) is 66.4 Å². The van der Waals surface area contributed by atoms with E-state index in [1.54, 1.807) is 13.0 Å². The van der Waals surface area contributed by atoms with Gasteiger partial charge >= 0.3 is 5.97 Å². The molecular formula is C15H15NO3. The van der Waals surface area contributed by atoms with Crippen LogP contribution in [0.3, 0.4) is 0 Å². The van der Waals surface area contributed by atoms with Gasteiger partial charge in [-0.05, 0) is 37.1 Å². The van der Waals surface area contributed by atoms with E-state index in [2.05, 4.69) is 11.4 Å². The second-order valence-electron chi connectivity index (χ2n) is 5.17. The fourth-order valence-electron chi connectivity index (χ4n) is 3.06. The van der Waals surface area contributed by atoms with Crippen LogP contribution in [0, 0.1) is 5.92 Å². The molecule has 3 atom stereocenters. The van der Waals surface area contributed by atoms with Crippen molar-refractivity contribution in [2.75, 3.05) is 5.32 Å². The molecule has 0 spiro atoms. The van der Waals surface area contributed by atoms with Crippen LogP contribution in [-0.2, 0) is 4.79 Å². The number of hydrogen-bond acceptors (Lipinski definition) is 3. The number of Topliss-reactive ketones (excluding diaryl/α,β-unsaturated/α-hetero) is 1. The zero-order valence-corrected chi connectivity index (χ0v) is 10.6. The molecule has 0 saturated carbocycles. The summed E-state index contributed by atoms with van der Waals surface area (Å²) in [7, 11) is 0. The minimum absolute atomic E-state index is 0.0293. The van der Waals surface area contributed by atoms with Crippen LogP contribution >= 0.6 is 0 Å². The van der Waals surface area contributed by atoms with Crippen molar-refractivity contribution in [3.05, 3.63) is 41.5 Å². The second kappa shape index (κ2) is 4.23. The molecule has 1 aromatic rings. The highest BCUT2D eigenvalue weighted by atomic mass is 16.4. The summed E-state index contributed by atoms with van der Waals surface area (Å²) in [6, 6.07) is 4.88. The Kier molecular flexibility index (Phi) is 2.66. The molecule has 98 valence electrons. The van der Waals surface area contributed by atoms with Crippen LogP contribution < -0.4 is 5.32 Å². The summed E-state index contributed by atoms with van der Waals surface area (Å²) in [6.07, 6.45) is 4.85. The molecule has 0 bridgehead atoms. The molecule has 2 aliphatic rings. The normalized spacial score (nSPS) is 27.3. The van der Waals surface area contributed by atoms with Crippen LogP contribution in [0.4, 0.5) is 5.69 Å². The first-order valence-electron chi connectivity index (χ1n) is 6.39. The third kappa shape index (κ3) is 1.84. The number of allylic oxidation sites excluding steroid dienone is 2. The number of carboxylic acids is 1. The number of carbonyl (C=O) groups excluding carboxylic acids is 1. The number of benzene rings is 1. The Morgan fingerprint density at radius 1 is 1.37 bits per heavy atom. The van der Waals surface area contributed by atoms with Crippen molar-refractivity contribution >= 4 is 17.4 Å². The number of nitrogens with one attached hydrogen (secondary N) is 1. The van der Waals surface area contributed by atoms with E-state index >= 15 is 0 Å². The molecule has 1 aliphatic carbocycles. The van der Waals surface area contributed by atoms with Gasteiger partial charge in [-0.1, -0.05) is 12.2 Å². The average molecular weight is 257 g/mol. The number of ketones is 1. The number of rotatable bonds is 2. The lowest BCUT2D eigenvalue weighted by molar-refractivity contribution is -0.139. The Balaban J connectivity index is 2.08. The van der Waals surface area contributed by atoms with Gasteiger partial charge < -0.3 is 10.4 Å². The van der Waals surface area contributed by atoms with Gasteiger partial charge in [0.2, 0.25) is 0 Å². The predicted molar refractivity (Wildman–Crippen MR) is 71.5 cm³/mol. The Bertz CT molecular complexity index is 591. The van der Waals surface area contributed by atoms with Gasteiger partial charge in [-0.25, -0.2) is 4.79 Å². The van der Waals surface area contributed by atoms with E-state index in [-0.39, 0.29) is 17.6 Å². The molecule has 0 fully saturated rings. The fourth-order valence-corrected chi connectivity index (χ4v) is 3.06. The van der Waals surface area contributed by atoms with Gasteiger partial charge in [0.1, 0.15) is 6.04 Å². The van der Waals surface area contributed by atoms with Crippen LogP contribution in [0.15, 0.2) is 30.4 Å². The summed E-state index contributed by atoms with van der Waals surface area (Å²) in [4.78, 5) is 22.8. The van der Waals surface area contributed by atoms with Crippen molar-refractivity contribution in [2.45, 2.75) is 25.3 Å². The average Bonchev–Trinajstić information content (AvgIpc) is 2.86. The van der Waals surface area contributed by atoms with Gasteiger partial charge in [0.15, 0.2) is 5.78 Å². The number of carboxylic acid groups (broad SMARTS) is 1. The van der Waals surface area contributed by atoms with E-state index in [0.29, 0.717) is 5.56 Å². The smallest absolute Gasteiger partial charge is 0.326 e. The number of anilines is 1. The summed E-state index contributed by atoms with van der Waals surface area (Å²) < 4.78 is 0. The van der Waals surface area contributed by atoms with Crippen molar-refractivity contribution in [3.63, 3.8) is 0 Å². The predicted octanol–water partition coefficient (Wildman–Crippen LogP) is 2.43. The molecule has 19 heavy (non-hydrogen) atoms. The minimum Gasteiger partial charge on any atom is -0.480 e. The summed E-state index contributed by atoms with van der Waals surface area (Å²) in [5.74, 6) is -0.662. The number of fused-ring (bicyclic) bond motifs is 3. The zero-order chi connectivity index (χ0) is 13.6. The maximum atomic E-state index is 11.5. The SMILES string of the molecule is CC(=O)c1ccc2c(c1)[C@@H]1C=CC[C@@H]1[C@@H](C(=O)O)N2. The van der Waals surface area contributed by atoms with E-state index in [1.807, 2.05) is 18.2 Å². The van der Waals surface area contributed by atoms with Gasteiger partial charge in [-0.2, -0.15) is 0 Å². The lowest BCUT2D eigenvalue weighted by Gasteiger charge is -2.34. The highest BCUT2D eigenvalue weighted by molar-refractivity contribution is 5.95. The highest BCUT2D eigenvalue weighted by Gasteiger charge is 2.40. The van der Waals surface area contributed by atoms with Gasteiger partial charge in [0.05, 0.1) is 0 Å². The van der Waals surface area contributed by atoms with E-state index in [0.717, 1.165) is 17.7 Å². The lowest BCUT2D eigenvalue weighted by atomic mass is 9.79. The maximum Gasteiger partial charge on any atom is 0.326 e. The van der Waals surface area contributed by atoms with Crippen molar-refractivity contribution in [3.8, 4) is 0 Å². The quantitative estimate of drug-likeness (QED) is 0.630. The summed E-state index contributed by atoms with van der Waals surface area (Å²) in [6.45, 7) is 1.54. The summed E-state index contributed by atoms with van der Waals surface area (Å²) in [5.41, 5.74) is 2.53. The zero-order valence-electron chi connectivity index (χ0n) is 10.6. The molecule has 4 heteroatoms. The lowest BCUT2D eigenvalue weighted by Crippen LogP contribution is -2.41. The standard InChI is InChI=1S/C15H15NO3/c1-8(17)9-5-6-13-12(7-9)10-3-2-4-11(10)14(16-13)15(18)19/h2-3,5-7,10-11,14,16H,4H2,1H3,(H,18,19)/t10-,11+,14+/m1/s1. The third-order valence-corrected chi connectivity index (χ3v) is 4.04. The first-order valence-corrected chi connectivity index (χ1v) is 6.39. The number of aliphatic carboxylic acids is 1. The summed E-state index contributed by atoms with van der Waals surface area (Å²) >= 11 is 0. The van der Waals surface area contributed by atoms with Crippen LogP contribution in [0.1, 0.15) is 35.2 Å². The molecular weight excluding hydrogens is 242 g/mol. The molecule has 2 N–H and O–H groups in total. The van der Waals surface area contributed by atoms with Crippen LogP contribution in [0.25, 0.3) is 0 Å². The van der Waals surface area contributed by atoms with Crippen molar-refractivity contribution in [2.24, 2.45) is 5.92 Å². The maximum absolute atomic E-state index is 11.5. The first kappa shape index (κ1) is 12.0. The third-order valence-electron chi connectivity index (χ3n) is 4.04. The molecule has 1 aromatic carbocycles. The fraction of sp³-hybridized carbons (Fsp3) is 0.333. The van der Waals surface area contributed by atoms with Gasteiger partial charge in [-0.15, -0.1) is 0 Å². The molecule has 0 aromatic heterocycles. The Morgan fingerprint density at radius 2 is 2.16 bits per heavy atom. The largest absolute Gasteiger partial charge is 0.480 e. The van der Waals surface area contributed by atoms with E-state index < -0.39 is 12.0 Å². The molecule has 1 aliphatic heterocycles. The molecule has 0 unspecified atom stereocenters. The van der Waals surface area contributed by atoms with Crippen LogP contribution in [-0.4, -0.2) is 22.9 Å². The van der Waals surface area contributed by atoms with Crippen molar-refractivity contribution < 1.29 is 14.7 Å². The molecule has 0 saturated heterocycles. The first-order chi connectivity index (χ1) is 9.08. The van der Waals surface area contributed by atoms with Gasteiger partial charge in [0, 0.05) is 23.1 Å². The van der Waals surface area contributed by atoms with Crippen molar-refractivity contribution in [1.82, 2.24) is 0 Å². The highest BCUT2D eigenvalue weighted by Crippen LogP contribution is 2.44. The van der Waals surface area contributed by atoms with E-state index in [4.69, 9.17) is 0 Å². The van der Waals surface area contributed by atoms with Gasteiger partial charge in [-0.3, -0.25) is 4.79 Å². The van der Waals surface area contributed by atoms with E-state index in [1.165, 1.54) is 0 Å². The second-order valence-corrected chi connectivity index (χ2v) is 5.17. The Hall–Kier alpha value is -2.10. The number of carbonyl (C=O) groups is 2. The van der Waals surface area contributed by atoms with Gasteiger partial charge in [0.25, 0.3) is 0 Å². The van der Waals surface area contributed by atoms with Crippen LogP contribution in [0.5, 0.6) is 0 Å². The molecule has 3 rings (SSSR count). The van der Waals surface area contributed by atoms with E-state index in [9.17, 15) is 14.7 Å². The molecule has 0 amide bonds. The van der Waals surface area contributed by atoms with Crippen LogP contribution in [0.2, 0.25) is 0 Å². The van der Waals surface area contributed by atoms with Crippen molar-refractivity contribution in [1.29, 1.82) is 0 Å². The summed E-state index contributed by atoms with van der Waals surface area (Å²) in [5, 5.41) is 12.4. The monoisotopic (exact) mass is 257 g/mol. The molecule has 1 heterocycles. The Morgan fingerprint density at radius 3 is 2.84 bits per heavy atom. The molecule has 4 nitrogen and oxygen atoms in total.